The van der Waals surface area contributed by atoms with E-state index in [4.69, 9.17) is 0 Å². The molecule has 1 heterocycles. The van der Waals surface area contributed by atoms with Gasteiger partial charge in [-0.05, 0) is 31.9 Å². The zero-order valence-electron chi connectivity index (χ0n) is 9.01. The molecule has 0 unspecified atom stereocenters. The lowest BCUT2D eigenvalue weighted by atomic mass is 10.2. The first-order chi connectivity index (χ1) is 7.47. The molecule has 0 fully saturated rings. The predicted molar refractivity (Wildman–Crippen MR) is 55.2 cm³/mol. The van der Waals surface area contributed by atoms with E-state index in [-0.39, 0.29) is 6.42 Å². The molecule has 1 N–H and O–H groups in total. The molecule has 1 rings (SSSR count). The molecule has 0 bridgehead atoms. The molecular weight excluding hydrogens is 219 g/mol. The third-order valence-corrected chi connectivity index (χ3v) is 1.99. The Labute approximate surface area is 92.1 Å². The summed E-state index contributed by atoms with van der Waals surface area (Å²) in [6.45, 7) is 2.30. The second-order valence-electron chi connectivity index (χ2n) is 3.56. The van der Waals surface area contributed by atoms with E-state index in [1.165, 1.54) is 0 Å². The second-order valence-corrected chi connectivity index (χ2v) is 3.56. The number of nitrogens with one attached hydrogen (secondary N) is 1. The number of aromatic nitrogens is 2. The number of hydrogen-bond acceptors (Lipinski definition) is 3. The summed E-state index contributed by atoms with van der Waals surface area (Å²) in [5.41, 5.74) is 0.808. The molecule has 16 heavy (non-hydrogen) atoms. The van der Waals surface area contributed by atoms with Crippen molar-refractivity contribution in [1.82, 2.24) is 10.2 Å². The molecule has 1 aromatic heterocycles. The lowest BCUT2D eigenvalue weighted by Crippen LogP contribution is -2.09. The second kappa shape index (κ2) is 5.67. The van der Waals surface area contributed by atoms with E-state index in [0.717, 1.165) is 5.69 Å². The van der Waals surface area contributed by atoms with E-state index in [0.29, 0.717) is 18.8 Å². The van der Waals surface area contributed by atoms with Gasteiger partial charge in [0.25, 0.3) is 0 Å². The van der Waals surface area contributed by atoms with Gasteiger partial charge in [-0.15, -0.1) is 5.10 Å². The smallest absolute Gasteiger partial charge is 0.369 e. The summed E-state index contributed by atoms with van der Waals surface area (Å²) in [7, 11) is 0. The van der Waals surface area contributed by atoms with Gasteiger partial charge in [-0.2, -0.15) is 18.3 Å². The van der Waals surface area contributed by atoms with Gasteiger partial charge in [-0.3, -0.25) is 0 Å². The van der Waals surface area contributed by atoms with Crippen LogP contribution in [0.15, 0.2) is 12.1 Å². The maximum atomic E-state index is 11.8. The minimum absolute atomic E-state index is 0.135. The summed E-state index contributed by atoms with van der Waals surface area (Å²) in [4.78, 5) is 0. The monoisotopic (exact) mass is 233 g/mol. The SMILES string of the molecule is Cc1ccc(NCCCCC(F)(F)F)nn1. The fraction of sp³-hybridized carbons (Fsp3) is 0.600. The first kappa shape index (κ1) is 12.7. The van der Waals surface area contributed by atoms with Gasteiger partial charge in [0.2, 0.25) is 0 Å². The Balaban J connectivity index is 2.14. The number of hydrogen-bond donors (Lipinski definition) is 1. The third-order valence-electron chi connectivity index (χ3n) is 1.99. The Morgan fingerprint density at radius 3 is 2.50 bits per heavy atom. The summed E-state index contributed by atoms with van der Waals surface area (Å²) in [5, 5.41) is 10.6. The molecule has 3 nitrogen and oxygen atoms in total. The number of unbranched alkanes of at least 4 members (excludes halogenated alkanes) is 1. The van der Waals surface area contributed by atoms with E-state index >= 15 is 0 Å². The maximum absolute atomic E-state index is 11.8. The van der Waals surface area contributed by atoms with Crippen molar-refractivity contribution in [2.45, 2.75) is 32.4 Å². The molecule has 1 aromatic rings. The van der Waals surface area contributed by atoms with Crippen LogP contribution in [0.4, 0.5) is 19.0 Å². The number of anilines is 1. The Hall–Kier alpha value is -1.33. The first-order valence-electron chi connectivity index (χ1n) is 5.08. The van der Waals surface area contributed by atoms with Crippen molar-refractivity contribution in [3.8, 4) is 0 Å². The largest absolute Gasteiger partial charge is 0.389 e. The normalized spacial score (nSPS) is 11.5. The van der Waals surface area contributed by atoms with Crippen LogP contribution < -0.4 is 5.32 Å². The molecule has 0 spiro atoms. The summed E-state index contributed by atoms with van der Waals surface area (Å²) in [5.74, 6) is 0.595. The molecule has 0 aromatic carbocycles. The molecule has 0 saturated carbocycles. The number of halogens is 3. The van der Waals surface area contributed by atoms with Crippen LogP contribution in [0.5, 0.6) is 0 Å². The van der Waals surface area contributed by atoms with E-state index in [2.05, 4.69) is 15.5 Å². The summed E-state index contributed by atoms with van der Waals surface area (Å²) >= 11 is 0. The van der Waals surface area contributed by atoms with Crippen molar-refractivity contribution < 1.29 is 13.2 Å². The van der Waals surface area contributed by atoms with Gasteiger partial charge in [0.05, 0.1) is 5.69 Å². The minimum Gasteiger partial charge on any atom is -0.369 e. The van der Waals surface area contributed by atoms with E-state index < -0.39 is 12.6 Å². The van der Waals surface area contributed by atoms with Crippen LogP contribution >= 0.6 is 0 Å². The Bertz CT molecular complexity index is 308. The van der Waals surface area contributed by atoms with Crippen LogP contribution in [-0.2, 0) is 0 Å². The summed E-state index contributed by atoms with van der Waals surface area (Å²) in [6, 6.07) is 3.55. The van der Waals surface area contributed by atoms with Gasteiger partial charge in [-0.25, -0.2) is 0 Å². The Kier molecular flexibility index (Phi) is 4.52. The fourth-order valence-electron chi connectivity index (χ4n) is 1.16. The molecule has 0 radical (unpaired) electrons. The highest BCUT2D eigenvalue weighted by atomic mass is 19.4. The van der Waals surface area contributed by atoms with E-state index in [1.807, 2.05) is 6.92 Å². The van der Waals surface area contributed by atoms with Gasteiger partial charge in [-0.1, -0.05) is 0 Å². The highest BCUT2D eigenvalue weighted by molar-refractivity contribution is 5.32. The van der Waals surface area contributed by atoms with Crippen molar-refractivity contribution in [3.63, 3.8) is 0 Å². The zero-order valence-corrected chi connectivity index (χ0v) is 9.01. The standard InChI is InChI=1S/C10H14F3N3/c1-8-4-5-9(16-15-8)14-7-3-2-6-10(11,12)13/h4-5H,2-3,6-7H2,1H3,(H,14,16). The lowest BCUT2D eigenvalue weighted by molar-refractivity contribution is -0.135. The Morgan fingerprint density at radius 1 is 1.19 bits per heavy atom. The molecule has 0 atom stereocenters. The third kappa shape index (κ3) is 5.53. The van der Waals surface area contributed by atoms with Crippen molar-refractivity contribution >= 4 is 5.82 Å². The molecule has 0 aliphatic rings. The number of nitrogens with zero attached hydrogens (tertiary/aromatic N) is 2. The minimum atomic E-state index is -4.05. The van der Waals surface area contributed by atoms with Crippen LogP contribution in [0.1, 0.15) is 25.0 Å². The predicted octanol–water partition coefficient (Wildman–Crippen LogP) is 2.93. The van der Waals surface area contributed by atoms with Gasteiger partial charge in [0, 0.05) is 13.0 Å². The number of rotatable bonds is 5. The molecular formula is C10H14F3N3. The zero-order chi connectivity index (χ0) is 12.0. The van der Waals surface area contributed by atoms with E-state index in [1.54, 1.807) is 12.1 Å². The topological polar surface area (TPSA) is 37.8 Å². The van der Waals surface area contributed by atoms with Gasteiger partial charge in [0.1, 0.15) is 5.82 Å². The van der Waals surface area contributed by atoms with E-state index in [9.17, 15) is 13.2 Å². The van der Waals surface area contributed by atoms with Crippen molar-refractivity contribution in [1.29, 1.82) is 0 Å². The van der Waals surface area contributed by atoms with Crippen molar-refractivity contribution in [3.05, 3.63) is 17.8 Å². The average molecular weight is 233 g/mol. The van der Waals surface area contributed by atoms with Crippen molar-refractivity contribution in [2.24, 2.45) is 0 Å². The average Bonchev–Trinajstić information content (AvgIpc) is 2.19. The molecule has 0 amide bonds. The van der Waals surface area contributed by atoms with Gasteiger partial charge >= 0.3 is 6.18 Å². The van der Waals surface area contributed by atoms with Gasteiger partial charge < -0.3 is 5.32 Å². The van der Waals surface area contributed by atoms with Crippen LogP contribution in [0.2, 0.25) is 0 Å². The molecule has 6 heteroatoms. The highest BCUT2D eigenvalue weighted by Crippen LogP contribution is 2.21. The maximum Gasteiger partial charge on any atom is 0.389 e. The first-order valence-corrected chi connectivity index (χ1v) is 5.08. The molecule has 0 aliphatic carbocycles. The van der Waals surface area contributed by atoms with Crippen LogP contribution in [0, 0.1) is 6.92 Å². The lowest BCUT2D eigenvalue weighted by Gasteiger charge is -2.07. The van der Waals surface area contributed by atoms with Crippen LogP contribution in [0.3, 0.4) is 0 Å². The fourth-order valence-corrected chi connectivity index (χ4v) is 1.16. The molecule has 0 saturated heterocycles. The quantitative estimate of drug-likeness (QED) is 0.794. The number of alkyl halides is 3. The molecule has 90 valence electrons. The van der Waals surface area contributed by atoms with Crippen LogP contribution in [0.25, 0.3) is 0 Å². The number of aryl methyl sites for hydroxylation is 1. The highest BCUT2D eigenvalue weighted by Gasteiger charge is 2.25. The van der Waals surface area contributed by atoms with Crippen LogP contribution in [-0.4, -0.2) is 22.9 Å². The molecule has 0 aliphatic heterocycles. The summed E-state index contributed by atoms with van der Waals surface area (Å²) in [6.07, 6.45) is -4.18. The van der Waals surface area contributed by atoms with Crippen molar-refractivity contribution in [2.75, 3.05) is 11.9 Å². The van der Waals surface area contributed by atoms with Gasteiger partial charge in [0.15, 0.2) is 0 Å². The summed E-state index contributed by atoms with van der Waals surface area (Å²) < 4.78 is 35.4. The Morgan fingerprint density at radius 2 is 1.94 bits per heavy atom.